The zero-order valence-electron chi connectivity index (χ0n) is 17.3. The van der Waals surface area contributed by atoms with E-state index in [0.717, 1.165) is 16.7 Å². The first kappa shape index (κ1) is 20.5. The number of amides is 1. The van der Waals surface area contributed by atoms with Crippen molar-refractivity contribution in [1.29, 1.82) is 0 Å². The number of rotatable bonds is 5. The number of aryl methyl sites for hydroxylation is 1. The molecule has 2 aromatic rings. The predicted octanol–water partition coefficient (Wildman–Crippen LogP) is 3.29. The summed E-state index contributed by atoms with van der Waals surface area (Å²) in [6, 6.07) is 7.04. The van der Waals surface area contributed by atoms with Crippen molar-refractivity contribution in [2.45, 2.75) is 25.8 Å². The largest absolute Gasteiger partial charge is 0.493 e. The van der Waals surface area contributed by atoms with E-state index in [-0.39, 0.29) is 11.9 Å². The van der Waals surface area contributed by atoms with Crippen molar-refractivity contribution in [3.05, 3.63) is 41.0 Å². The molecule has 1 amide bonds. The van der Waals surface area contributed by atoms with Gasteiger partial charge >= 0.3 is 5.97 Å². The zero-order chi connectivity index (χ0) is 21.1. The van der Waals surface area contributed by atoms with Crippen molar-refractivity contribution in [3.63, 3.8) is 0 Å². The number of esters is 1. The lowest BCUT2D eigenvalue weighted by Gasteiger charge is -2.22. The van der Waals surface area contributed by atoms with Gasteiger partial charge in [-0.2, -0.15) is 0 Å². The summed E-state index contributed by atoms with van der Waals surface area (Å²) < 4.78 is 21.8. The minimum atomic E-state index is -0.465. The topological polar surface area (TPSA) is 83.1 Å². The molecule has 7 heteroatoms. The van der Waals surface area contributed by atoms with Gasteiger partial charge in [0, 0.05) is 18.1 Å². The van der Waals surface area contributed by atoms with Gasteiger partial charge in [-0.25, -0.2) is 4.79 Å². The first-order valence-corrected chi connectivity index (χ1v) is 9.27. The molecule has 2 aromatic carbocycles. The average Bonchev–Trinajstić information content (AvgIpc) is 2.88. The van der Waals surface area contributed by atoms with Crippen molar-refractivity contribution in [2.24, 2.45) is 0 Å². The van der Waals surface area contributed by atoms with Crippen LogP contribution in [0, 0.1) is 0 Å². The molecule has 1 atom stereocenters. The molecule has 1 aliphatic rings. The number of carbonyl (C=O) groups is 2. The quantitative estimate of drug-likeness (QED) is 0.777. The molecular weight excluding hydrogens is 374 g/mol. The van der Waals surface area contributed by atoms with Crippen LogP contribution in [0.1, 0.15) is 40.9 Å². The van der Waals surface area contributed by atoms with Crippen LogP contribution < -0.4 is 19.5 Å². The summed E-state index contributed by atoms with van der Waals surface area (Å²) in [6.45, 7) is 1.48. The van der Waals surface area contributed by atoms with Gasteiger partial charge in [0.15, 0.2) is 11.5 Å². The highest BCUT2D eigenvalue weighted by Crippen LogP contribution is 2.51. The smallest absolute Gasteiger partial charge is 0.338 e. The molecule has 0 aromatic heterocycles. The molecule has 29 heavy (non-hydrogen) atoms. The number of hydrogen-bond acceptors (Lipinski definition) is 6. The minimum absolute atomic E-state index is 0.141. The minimum Gasteiger partial charge on any atom is -0.493 e. The molecule has 0 aliphatic heterocycles. The molecule has 154 valence electrons. The lowest BCUT2D eigenvalue weighted by atomic mass is 9.89. The lowest BCUT2D eigenvalue weighted by Crippen LogP contribution is -2.26. The van der Waals surface area contributed by atoms with Crippen LogP contribution in [0.25, 0.3) is 11.1 Å². The van der Waals surface area contributed by atoms with Gasteiger partial charge in [-0.3, -0.25) is 4.79 Å². The van der Waals surface area contributed by atoms with E-state index in [9.17, 15) is 9.59 Å². The van der Waals surface area contributed by atoms with Crippen LogP contribution >= 0.6 is 0 Å². The van der Waals surface area contributed by atoms with Gasteiger partial charge in [0.05, 0.1) is 40.0 Å². The second-order valence-corrected chi connectivity index (χ2v) is 6.73. The average molecular weight is 399 g/mol. The Balaban J connectivity index is 2.42. The summed E-state index contributed by atoms with van der Waals surface area (Å²) >= 11 is 0. The Morgan fingerprint density at radius 2 is 1.72 bits per heavy atom. The van der Waals surface area contributed by atoms with Crippen LogP contribution in [0.15, 0.2) is 24.3 Å². The van der Waals surface area contributed by atoms with Crippen LogP contribution in [0.4, 0.5) is 0 Å². The van der Waals surface area contributed by atoms with E-state index in [4.69, 9.17) is 18.9 Å². The van der Waals surface area contributed by atoms with Gasteiger partial charge in [-0.15, -0.1) is 0 Å². The Kier molecular flexibility index (Phi) is 5.96. The molecule has 0 heterocycles. The molecule has 0 unspecified atom stereocenters. The molecule has 0 radical (unpaired) electrons. The van der Waals surface area contributed by atoms with Crippen molar-refractivity contribution in [2.75, 3.05) is 28.4 Å². The third-order valence-electron chi connectivity index (χ3n) is 5.12. The summed E-state index contributed by atoms with van der Waals surface area (Å²) in [4.78, 5) is 24.4. The van der Waals surface area contributed by atoms with Crippen molar-refractivity contribution in [1.82, 2.24) is 5.32 Å². The van der Waals surface area contributed by atoms with E-state index in [1.807, 2.05) is 12.1 Å². The Morgan fingerprint density at radius 1 is 1.00 bits per heavy atom. The van der Waals surface area contributed by atoms with Gasteiger partial charge in [0.25, 0.3) is 0 Å². The third kappa shape index (κ3) is 3.60. The second kappa shape index (κ2) is 8.43. The highest BCUT2D eigenvalue weighted by molar-refractivity contribution is 6.01. The molecule has 0 spiro atoms. The Morgan fingerprint density at radius 3 is 2.31 bits per heavy atom. The highest BCUT2D eigenvalue weighted by Gasteiger charge is 2.32. The predicted molar refractivity (Wildman–Crippen MR) is 108 cm³/mol. The number of nitrogens with one attached hydrogen (secondary N) is 1. The number of benzene rings is 2. The maximum atomic E-state index is 12.6. The van der Waals surface area contributed by atoms with Gasteiger partial charge in [-0.1, -0.05) is 12.1 Å². The molecule has 1 aliphatic carbocycles. The Hall–Kier alpha value is -3.22. The molecule has 0 saturated heterocycles. The van der Waals surface area contributed by atoms with E-state index in [0.29, 0.717) is 41.2 Å². The van der Waals surface area contributed by atoms with E-state index >= 15 is 0 Å². The molecule has 0 fully saturated rings. The van der Waals surface area contributed by atoms with Crippen molar-refractivity contribution >= 4 is 11.9 Å². The monoisotopic (exact) mass is 399 g/mol. The van der Waals surface area contributed by atoms with E-state index in [1.54, 1.807) is 26.4 Å². The Bertz CT molecular complexity index is 953. The fourth-order valence-electron chi connectivity index (χ4n) is 3.95. The molecule has 7 nitrogen and oxygen atoms in total. The van der Waals surface area contributed by atoms with Gasteiger partial charge < -0.3 is 24.3 Å². The van der Waals surface area contributed by atoms with Gasteiger partial charge in [-0.05, 0) is 36.1 Å². The van der Waals surface area contributed by atoms with Gasteiger partial charge in [0.2, 0.25) is 11.7 Å². The van der Waals surface area contributed by atoms with E-state index < -0.39 is 5.97 Å². The first-order valence-electron chi connectivity index (χ1n) is 9.27. The van der Waals surface area contributed by atoms with Crippen LogP contribution in [-0.2, 0) is 16.0 Å². The van der Waals surface area contributed by atoms with Crippen molar-refractivity contribution in [3.8, 4) is 28.4 Å². The standard InChI is InChI=1S/C22H25NO6/c1-12(24)23-16-10-9-13-11-17(26-2)20(27-3)21(28-4)18(13)19-14(16)7-6-8-15(19)22(25)29-5/h6-8,11,16H,9-10H2,1-5H3,(H,23,24)/t16-/m1/s1. The van der Waals surface area contributed by atoms with Crippen LogP contribution in [-0.4, -0.2) is 40.3 Å². The van der Waals surface area contributed by atoms with Crippen LogP contribution in [0.3, 0.4) is 0 Å². The summed E-state index contributed by atoms with van der Waals surface area (Å²) in [6.07, 6.45) is 1.30. The van der Waals surface area contributed by atoms with E-state index in [2.05, 4.69) is 5.32 Å². The lowest BCUT2D eigenvalue weighted by molar-refractivity contribution is -0.119. The zero-order valence-corrected chi connectivity index (χ0v) is 17.3. The molecule has 0 bridgehead atoms. The number of hydrogen-bond donors (Lipinski definition) is 1. The fraction of sp³-hybridized carbons (Fsp3) is 0.364. The summed E-state index contributed by atoms with van der Waals surface area (Å²) in [5.41, 5.74) is 3.57. The highest BCUT2D eigenvalue weighted by atomic mass is 16.5. The second-order valence-electron chi connectivity index (χ2n) is 6.73. The maximum absolute atomic E-state index is 12.6. The Labute approximate surface area is 169 Å². The van der Waals surface area contributed by atoms with Crippen LogP contribution in [0.2, 0.25) is 0 Å². The molecular formula is C22H25NO6. The first-order chi connectivity index (χ1) is 14.0. The molecule has 0 saturated carbocycles. The van der Waals surface area contributed by atoms with Crippen molar-refractivity contribution < 1.29 is 28.5 Å². The summed E-state index contributed by atoms with van der Waals surface area (Å²) in [5.74, 6) is 0.851. The molecule has 1 N–H and O–H groups in total. The number of methoxy groups -OCH3 is 4. The fourth-order valence-corrected chi connectivity index (χ4v) is 3.95. The number of ether oxygens (including phenoxy) is 4. The normalized spacial score (nSPS) is 14.7. The molecule has 3 rings (SSSR count). The summed E-state index contributed by atoms with van der Waals surface area (Å²) in [7, 11) is 6.00. The summed E-state index contributed by atoms with van der Waals surface area (Å²) in [5, 5.41) is 3.00. The number of fused-ring (bicyclic) bond motifs is 3. The number of carbonyl (C=O) groups excluding carboxylic acids is 2. The van der Waals surface area contributed by atoms with Crippen LogP contribution in [0.5, 0.6) is 17.2 Å². The van der Waals surface area contributed by atoms with Gasteiger partial charge in [0.1, 0.15) is 0 Å². The SMILES string of the molecule is COC(=O)c1cccc2c1-c1c(cc(OC)c(OC)c1OC)CC[C@H]2NC(C)=O. The van der Waals surface area contributed by atoms with E-state index in [1.165, 1.54) is 21.1 Å². The third-order valence-corrected chi connectivity index (χ3v) is 5.12. The maximum Gasteiger partial charge on any atom is 0.338 e.